The molecule has 1 unspecified atom stereocenters. The van der Waals surface area contributed by atoms with Crippen LogP contribution in [0.25, 0.3) is 0 Å². The maximum atomic E-state index is 10.7. The SMILES string of the molecule is NC(=O)C12CC(C1)C2Cl. The van der Waals surface area contributed by atoms with Crippen LogP contribution in [0.1, 0.15) is 12.8 Å². The summed E-state index contributed by atoms with van der Waals surface area (Å²) < 4.78 is 0. The third-order valence-electron chi connectivity index (χ3n) is 2.69. The van der Waals surface area contributed by atoms with E-state index in [0.29, 0.717) is 5.92 Å². The molecule has 2 N–H and O–H groups in total. The van der Waals surface area contributed by atoms with Crippen molar-refractivity contribution in [1.29, 1.82) is 0 Å². The van der Waals surface area contributed by atoms with Gasteiger partial charge in [-0.1, -0.05) is 0 Å². The first-order valence-corrected chi connectivity index (χ1v) is 3.54. The van der Waals surface area contributed by atoms with E-state index in [2.05, 4.69) is 0 Å². The summed E-state index contributed by atoms with van der Waals surface area (Å²) in [6.45, 7) is 0. The Bertz CT molecular complexity index is 174. The first-order valence-electron chi connectivity index (χ1n) is 3.11. The number of carbonyl (C=O) groups is 1. The minimum atomic E-state index is -0.272. The third kappa shape index (κ3) is 0.388. The quantitative estimate of drug-likeness (QED) is 0.537. The molecule has 1 amide bonds. The summed E-state index contributed by atoms with van der Waals surface area (Å²) in [5.74, 6) is 0.393. The number of primary amides is 1. The molecule has 3 fully saturated rings. The van der Waals surface area contributed by atoms with Crippen molar-refractivity contribution in [1.82, 2.24) is 0 Å². The molecular formula is C6H8ClNO. The molecule has 0 aliphatic heterocycles. The molecule has 1 atom stereocenters. The summed E-state index contributed by atoms with van der Waals surface area (Å²) in [6.07, 6.45) is 1.88. The van der Waals surface area contributed by atoms with E-state index < -0.39 is 0 Å². The Morgan fingerprint density at radius 3 is 2.22 bits per heavy atom. The van der Waals surface area contributed by atoms with Gasteiger partial charge in [-0.3, -0.25) is 4.79 Å². The highest BCUT2D eigenvalue weighted by atomic mass is 35.5. The maximum Gasteiger partial charge on any atom is 0.225 e. The lowest BCUT2D eigenvalue weighted by Crippen LogP contribution is -2.68. The molecule has 3 aliphatic rings. The smallest absolute Gasteiger partial charge is 0.225 e. The standard InChI is InChI=1S/C6H8ClNO/c7-4-3-1-6(4,2-3)5(8)9/h3-4H,1-2H2,(H2,8,9). The second-order valence-corrected chi connectivity index (χ2v) is 3.56. The van der Waals surface area contributed by atoms with Gasteiger partial charge in [-0.05, 0) is 18.8 Å². The largest absolute Gasteiger partial charge is 0.369 e. The van der Waals surface area contributed by atoms with Crippen molar-refractivity contribution in [2.75, 3.05) is 0 Å². The van der Waals surface area contributed by atoms with Crippen LogP contribution in [-0.2, 0) is 4.79 Å². The average molecular weight is 146 g/mol. The molecular weight excluding hydrogens is 138 g/mol. The minimum absolute atomic E-state index is 0.0648. The normalized spacial score (nSPS) is 53.4. The number of carbonyl (C=O) groups excluding carboxylic acids is 1. The summed E-state index contributed by atoms with van der Waals surface area (Å²) >= 11 is 5.80. The number of alkyl halides is 1. The van der Waals surface area contributed by atoms with Crippen LogP contribution in [-0.4, -0.2) is 11.3 Å². The first-order chi connectivity index (χ1) is 4.17. The predicted molar refractivity (Wildman–Crippen MR) is 34.0 cm³/mol. The lowest BCUT2D eigenvalue weighted by molar-refractivity contribution is -0.158. The van der Waals surface area contributed by atoms with Gasteiger partial charge in [0.15, 0.2) is 0 Å². The van der Waals surface area contributed by atoms with Crippen LogP contribution < -0.4 is 5.73 Å². The average Bonchev–Trinajstić information content (AvgIpc) is 1.60. The van der Waals surface area contributed by atoms with Crippen molar-refractivity contribution in [3.05, 3.63) is 0 Å². The summed E-state index contributed by atoms with van der Waals surface area (Å²) in [5, 5.41) is 0.0648. The molecule has 2 bridgehead atoms. The third-order valence-corrected chi connectivity index (χ3v) is 3.46. The Hall–Kier alpha value is -0.240. The topological polar surface area (TPSA) is 43.1 Å². The van der Waals surface area contributed by atoms with Crippen LogP contribution in [0.15, 0.2) is 0 Å². The molecule has 9 heavy (non-hydrogen) atoms. The molecule has 0 radical (unpaired) electrons. The fourth-order valence-electron chi connectivity index (χ4n) is 1.78. The highest BCUT2D eigenvalue weighted by Crippen LogP contribution is 2.66. The first kappa shape index (κ1) is 5.54. The molecule has 0 heterocycles. The monoisotopic (exact) mass is 145 g/mol. The second-order valence-electron chi connectivity index (χ2n) is 3.09. The molecule has 0 aromatic carbocycles. The van der Waals surface area contributed by atoms with Gasteiger partial charge in [0.1, 0.15) is 0 Å². The van der Waals surface area contributed by atoms with E-state index in [0.717, 1.165) is 12.8 Å². The van der Waals surface area contributed by atoms with E-state index in [-0.39, 0.29) is 16.7 Å². The van der Waals surface area contributed by atoms with E-state index in [4.69, 9.17) is 17.3 Å². The highest BCUT2D eigenvalue weighted by molar-refractivity contribution is 6.25. The number of hydrogen-bond acceptors (Lipinski definition) is 1. The highest BCUT2D eigenvalue weighted by Gasteiger charge is 2.68. The van der Waals surface area contributed by atoms with E-state index in [1.807, 2.05) is 0 Å². The van der Waals surface area contributed by atoms with Crippen molar-refractivity contribution >= 4 is 17.5 Å². The van der Waals surface area contributed by atoms with Crippen LogP contribution in [0.3, 0.4) is 0 Å². The van der Waals surface area contributed by atoms with Gasteiger partial charge in [0, 0.05) is 0 Å². The zero-order chi connectivity index (χ0) is 6.65. The van der Waals surface area contributed by atoms with Gasteiger partial charge in [-0.15, -0.1) is 11.6 Å². The van der Waals surface area contributed by atoms with Gasteiger partial charge < -0.3 is 5.73 Å². The van der Waals surface area contributed by atoms with Crippen LogP contribution in [0, 0.1) is 11.3 Å². The fourth-order valence-corrected chi connectivity index (χ4v) is 2.24. The van der Waals surface area contributed by atoms with Crippen LogP contribution >= 0.6 is 11.6 Å². The summed E-state index contributed by atoms with van der Waals surface area (Å²) in [7, 11) is 0. The minimum Gasteiger partial charge on any atom is -0.369 e. The fraction of sp³-hybridized carbons (Fsp3) is 0.833. The van der Waals surface area contributed by atoms with Crippen molar-refractivity contribution in [2.45, 2.75) is 18.2 Å². The van der Waals surface area contributed by atoms with Gasteiger partial charge >= 0.3 is 0 Å². The van der Waals surface area contributed by atoms with Gasteiger partial charge in [-0.25, -0.2) is 0 Å². The van der Waals surface area contributed by atoms with Crippen LogP contribution in [0.4, 0.5) is 0 Å². The van der Waals surface area contributed by atoms with Crippen molar-refractivity contribution < 1.29 is 4.79 Å². The molecule has 0 aromatic rings. The second kappa shape index (κ2) is 1.26. The number of halogens is 1. The van der Waals surface area contributed by atoms with Crippen molar-refractivity contribution in [3.8, 4) is 0 Å². The van der Waals surface area contributed by atoms with E-state index >= 15 is 0 Å². The number of amides is 1. The maximum absolute atomic E-state index is 10.7. The molecule has 50 valence electrons. The molecule has 0 spiro atoms. The molecule has 3 saturated carbocycles. The number of nitrogens with two attached hydrogens (primary N) is 1. The molecule has 0 saturated heterocycles. The molecule has 3 heteroatoms. The van der Waals surface area contributed by atoms with Gasteiger partial charge in [0.2, 0.25) is 5.91 Å². The van der Waals surface area contributed by atoms with E-state index in [1.165, 1.54) is 0 Å². The Morgan fingerprint density at radius 1 is 1.67 bits per heavy atom. The summed E-state index contributed by atoms with van der Waals surface area (Å²) in [6, 6.07) is 0. The molecule has 2 nitrogen and oxygen atoms in total. The lowest BCUT2D eigenvalue weighted by Gasteiger charge is -2.63. The Kier molecular flexibility index (Phi) is 0.777. The van der Waals surface area contributed by atoms with Crippen LogP contribution in [0.2, 0.25) is 0 Å². The van der Waals surface area contributed by atoms with Crippen molar-refractivity contribution in [2.24, 2.45) is 17.1 Å². The lowest BCUT2D eigenvalue weighted by atomic mass is 9.43. The summed E-state index contributed by atoms with van der Waals surface area (Å²) in [4.78, 5) is 10.7. The Labute approximate surface area is 58.4 Å². The number of rotatable bonds is 1. The van der Waals surface area contributed by atoms with E-state index in [9.17, 15) is 4.79 Å². The Balaban J connectivity index is 2.19. The van der Waals surface area contributed by atoms with E-state index in [1.54, 1.807) is 0 Å². The predicted octanol–water partition coefficient (Wildman–Crippen LogP) is 0.489. The van der Waals surface area contributed by atoms with Gasteiger partial charge in [0.25, 0.3) is 0 Å². The van der Waals surface area contributed by atoms with Crippen LogP contribution in [0.5, 0.6) is 0 Å². The number of hydrogen-bond donors (Lipinski definition) is 1. The van der Waals surface area contributed by atoms with Gasteiger partial charge in [-0.2, -0.15) is 0 Å². The Morgan fingerprint density at radius 2 is 2.22 bits per heavy atom. The van der Waals surface area contributed by atoms with Crippen molar-refractivity contribution in [3.63, 3.8) is 0 Å². The summed E-state index contributed by atoms with van der Waals surface area (Å²) in [5.41, 5.74) is 4.87. The molecule has 3 aliphatic carbocycles. The zero-order valence-corrected chi connectivity index (χ0v) is 5.69. The molecule has 0 aromatic heterocycles. The van der Waals surface area contributed by atoms with Gasteiger partial charge in [0.05, 0.1) is 10.8 Å². The molecule has 3 rings (SSSR count). The zero-order valence-electron chi connectivity index (χ0n) is 4.93.